The minimum absolute atomic E-state index is 0.0997. The first-order valence-corrected chi connectivity index (χ1v) is 10.6. The Balaban J connectivity index is 1.62. The molecule has 1 aromatic carbocycles. The Morgan fingerprint density at radius 2 is 2.03 bits per heavy atom. The van der Waals surface area contributed by atoms with E-state index in [-0.39, 0.29) is 11.9 Å². The monoisotopic (exact) mass is 397 g/mol. The molecule has 1 N–H and O–H groups in total. The minimum atomic E-state index is -0.589. The molecule has 0 unspecified atom stereocenters. The van der Waals surface area contributed by atoms with Crippen LogP contribution >= 0.6 is 0 Å². The maximum Gasteiger partial charge on any atom is 0.313 e. The van der Waals surface area contributed by atoms with Gasteiger partial charge < -0.3 is 9.64 Å². The molecule has 0 spiro atoms. The molecular weight excluding hydrogens is 366 g/mol. The van der Waals surface area contributed by atoms with E-state index in [2.05, 4.69) is 22.3 Å². The van der Waals surface area contributed by atoms with E-state index >= 15 is 0 Å². The SMILES string of the molecule is CCOC(=O)[C@]1(CCCc2ccccc2)CCCN(C(=O)CCc2cn[nH]c2)C1. The average Bonchev–Trinajstić information content (AvgIpc) is 3.27. The van der Waals surface area contributed by atoms with Gasteiger partial charge in [-0.15, -0.1) is 0 Å². The number of nitrogens with one attached hydrogen (secondary N) is 1. The van der Waals surface area contributed by atoms with Crippen LogP contribution in [0.15, 0.2) is 42.7 Å². The van der Waals surface area contributed by atoms with Crippen molar-refractivity contribution in [3.05, 3.63) is 53.9 Å². The number of nitrogens with zero attached hydrogens (tertiary/aromatic N) is 2. The molecular formula is C23H31N3O3. The molecule has 1 aliphatic heterocycles. The highest BCUT2D eigenvalue weighted by Gasteiger charge is 2.44. The maximum absolute atomic E-state index is 12.9. The fourth-order valence-corrected chi connectivity index (χ4v) is 4.20. The van der Waals surface area contributed by atoms with Crippen LogP contribution in [0.4, 0.5) is 0 Å². The zero-order valence-electron chi connectivity index (χ0n) is 17.2. The van der Waals surface area contributed by atoms with Crippen molar-refractivity contribution in [1.29, 1.82) is 0 Å². The Labute approximate surface area is 172 Å². The van der Waals surface area contributed by atoms with Gasteiger partial charge in [0.15, 0.2) is 0 Å². The molecule has 0 aliphatic carbocycles. The normalized spacial score (nSPS) is 19.1. The number of piperidine rings is 1. The smallest absolute Gasteiger partial charge is 0.313 e. The van der Waals surface area contributed by atoms with Crippen molar-refractivity contribution >= 4 is 11.9 Å². The predicted octanol–water partition coefficient (Wildman–Crippen LogP) is 3.54. The zero-order chi connectivity index (χ0) is 20.5. The number of likely N-dealkylation sites (tertiary alicyclic amines) is 1. The van der Waals surface area contributed by atoms with Gasteiger partial charge in [-0.2, -0.15) is 5.10 Å². The van der Waals surface area contributed by atoms with Crippen LogP contribution in [0.1, 0.15) is 50.2 Å². The molecule has 1 aromatic heterocycles. The zero-order valence-corrected chi connectivity index (χ0v) is 17.2. The number of aromatic amines is 1. The summed E-state index contributed by atoms with van der Waals surface area (Å²) in [4.78, 5) is 27.6. The standard InChI is InChI=1S/C23H31N3O3/c1-2-29-22(28)23(13-6-10-19-8-4-3-5-9-19)14-7-15-26(18-23)21(27)12-11-20-16-24-25-17-20/h3-5,8-9,16-17H,2,6-7,10-15,18H2,1H3,(H,24,25)/t23-/m1/s1. The summed E-state index contributed by atoms with van der Waals surface area (Å²) in [5.74, 6) is -0.0528. The third kappa shape index (κ3) is 5.68. The lowest BCUT2D eigenvalue weighted by molar-refractivity contribution is -0.161. The molecule has 29 heavy (non-hydrogen) atoms. The summed E-state index contributed by atoms with van der Waals surface area (Å²) in [6, 6.07) is 10.3. The highest BCUT2D eigenvalue weighted by atomic mass is 16.5. The summed E-state index contributed by atoms with van der Waals surface area (Å²) < 4.78 is 5.45. The summed E-state index contributed by atoms with van der Waals surface area (Å²) in [5, 5.41) is 6.70. The van der Waals surface area contributed by atoms with Gasteiger partial charge in [-0.1, -0.05) is 30.3 Å². The highest BCUT2D eigenvalue weighted by Crippen LogP contribution is 2.37. The van der Waals surface area contributed by atoms with E-state index in [0.29, 0.717) is 32.5 Å². The van der Waals surface area contributed by atoms with Gasteiger partial charge >= 0.3 is 5.97 Å². The van der Waals surface area contributed by atoms with Crippen LogP contribution in [0.5, 0.6) is 0 Å². The van der Waals surface area contributed by atoms with Crippen molar-refractivity contribution in [3.63, 3.8) is 0 Å². The number of rotatable bonds is 9. The molecule has 1 aliphatic rings. The van der Waals surface area contributed by atoms with Crippen molar-refractivity contribution in [2.45, 2.75) is 51.9 Å². The van der Waals surface area contributed by atoms with Gasteiger partial charge in [0, 0.05) is 25.7 Å². The second-order valence-corrected chi connectivity index (χ2v) is 7.87. The molecule has 1 atom stereocenters. The number of esters is 1. The first kappa shape index (κ1) is 21.1. The van der Waals surface area contributed by atoms with Gasteiger partial charge in [0.05, 0.1) is 18.2 Å². The number of benzene rings is 1. The summed E-state index contributed by atoms with van der Waals surface area (Å²) in [6.07, 6.45) is 8.84. The maximum atomic E-state index is 12.9. The number of carbonyl (C=O) groups is 2. The first-order valence-electron chi connectivity index (χ1n) is 10.6. The molecule has 0 bridgehead atoms. The number of hydrogen-bond donors (Lipinski definition) is 1. The number of aryl methyl sites for hydroxylation is 2. The van der Waals surface area contributed by atoms with Crippen LogP contribution < -0.4 is 0 Å². The van der Waals surface area contributed by atoms with Crippen LogP contribution in [0, 0.1) is 5.41 Å². The first-order chi connectivity index (χ1) is 14.1. The van der Waals surface area contributed by atoms with Crippen LogP contribution in [-0.4, -0.2) is 46.7 Å². The van der Waals surface area contributed by atoms with E-state index in [1.807, 2.05) is 36.2 Å². The fourth-order valence-electron chi connectivity index (χ4n) is 4.20. The summed E-state index contributed by atoms with van der Waals surface area (Å²) >= 11 is 0. The lowest BCUT2D eigenvalue weighted by atomic mass is 9.75. The van der Waals surface area contributed by atoms with Gasteiger partial charge in [0.1, 0.15) is 0 Å². The second kappa shape index (κ2) is 10.2. The lowest BCUT2D eigenvalue weighted by Gasteiger charge is -2.41. The summed E-state index contributed by atoms with van der Waals surface area (Å²) in [5.41, 5.74) is 1.71. The third-order valence-corrected chi connectivity index (χ3v) is 5.78. The van der Waals surface area contributed by atoms with Gasteiger partial charge in [-0.3, -0.25) is 14.7 Å². The molecule has 1 saturated heterocycles. The van der Waals surface area contributed by atoms with Crippen molar-refractivity contribution in [3.8, 4) is 0 Å². The number of amides is 1. The molecule has 2 aromatic rings. The largest absolute Gasteiger partial charge is 0.466 e. The predicted molar refractivity (Wildman–Crippen MR) is 111 cm³/mol. The number of H-pyrrole nitrogens is 1. The Kier molecular flexibility index (Phi) is 7.44. The third-order valence-electron chi connectivity index (χ3n) is 5.78. The topological polar surface area (TPSA) is 75.3 Å². The number of carbonyl (C=O) groups excluding carboxylic acids is 2. The van der Waals surface area contributed by atoms with E-state index in [4.69, 9.17) is 4.74 Å². The van der Waals surface area contributed by atoms with Crippen LogP contribution in [-0.2, 0) is 27.2 Å². The van der Waals surface area contributed by atoms with Gasteiger partial charge in [-0.05, 0) is 56.6 Å². The Hall–Kier alpha value is -2.63. The molecule has 6 nitrogen and oxygen atoms in total. The summed E-state index contributed by atoms with van der Waals surface area (Å²) in [7, 11) is 0. The van der Waals surface area contributed by atoms with E-state index in [1.54, 1.807) is 6.20 Å². The average molecular weight is 398 g/mol. The van der Waals surface area contributed by atoms with Crippen molar-refractivity contribution in [2.75, 3.05) is 19.7 Å². The van der Waals surface area contributed by atoms with Crippen LogP contribution in [0.3, 0.4) is 0 Å². The van der Waals surface area contributed by atoms with E-state index in [0.717, 1.165) is 37.7 Å². The van der Waals surface area contributed by atoms with Crippen molar-refractivity contribution in [1.82, 2.24) is 15.1 Å². The molecule has 0 radical (unpaired) electrons. The van der Waals surface area contributed by atoms with Crippen molar-refractivity contribution < 1.29 is 14.3 Å². The minimum Gasteiger partial charge on any atom is -0.466 e. The van der Waals surface area contributed by atoms with Crippen LogP contribution in [0.25, 0.3) is 0 Å². The molecule has 1 fully saturated rings. The Bertz CT molecular complexity index is 776. The van der Waals surface area contributed by atoms with E-state index in [1.165, 1.54) is 5.56 Å². The Morgan fingerprint density at radius 3 is 2.76 bits per heavy atom. The molecule has 156 valence electrons. The lowest BCUT2D eigenvalue weighted by Crippen LogP contribution is -2.50. The summed E-state index contributed by atoms with van der Waals surface area (Å²) in [6.45, 7) is 3.38. The molecule has 0 saturated carbocycles. The van der Waals surface area contributed by atoms with Gasteiger partial charge in [0.25, 0.3) is 0 Å². The number of aromatic nitrogens is 2. The molecule has 6 heteroatoms. The second-order valence-electron chi connectivity index (χ2n) is 7.87. The quantitative estimate of drug-likeness (QED) is 0.657. The molecule has 3 rings (SSSR count). The number of ether oxygens (including phenoxy) is 1. The van der Waals surface area contributed by atoms with Gasteiger partial charge in [-0.25, -0.2) is 0 Å². The fraction of sp³-hybridized carbons (Fsp3) is 0.522. The highest BCUT2D eigenvalue weighted by molar-refractivity contribution is 5.81. The van der Waals surface area contributed by atoms with Crippen molar-refractivity contribution in [2.24, 2.45) is 5.41 Å². The molecule has 1 amide bonds. The Morgan fingerprint density at radius 1 is 1.21 bits per heavy atom. The van der Waals surface area contributed by atoms with Crippen LogP contribution in [0.2, 0.25) is 0 Å². The van der Waals surface area contributed by atoms with E-state index in [9.17, 15) is 9.59 Å². The van der Waals surface area contributed by atoms with E-state index < -0.39 is 5.41 Å². The molecule has 2 heterocycles. The van der Waals surface area contributed by atoms with Gasteiger partial charge in [0.2, 0.25) is 5.91 Å². The number of hydrogen-bond acceptors (Lipinski definition) is 4.